The standard InChI is InChI=1S/C13H13Cl2NO/c1-3-9-4-13(17)16(7-9)10-5-11(14)8(2)12(15)6-10/h3,5-6,9H,1,4,7H2,2H3. The fraction of sp³-hybridized carbons (Fsp3) is 0.308. The summed E-state index contributed by atoms with van der Waals surface area (Å²) in [4.78, 5) is 13.6. The van der Waals surface area contributed by atoms with Gasteiger partial charge in [0.05, 0.1) is 0 Å². The number of carbonyl (C=O) groups is 1. The van der Waals surface area contributed by atoms with Crippen molar-refractivity contribution in [3.05, 3.63) is 40.4 Å². The van der Waals surface area contributed by atoms with Crippen molar-refractivity contribution in [3.63, 3.8) is 0 Å². The summed E-state index contributed by atoms with van der Waals surface area (Å²) in [5, 5.41) is 1.17. The van der Waals surface area contributed by atoms with Crippen molar-refractivity contribution in [3.8, 4) is 0 Å². The second-order valence-corrected chi connectivity index (χ2v) is 5.05. The first-order valence-corrected chi connectivity index (χ1v) is 6.17. The normalized spacial score (nSPS) is 19.8. The molecule has 0 aliphatic carbocycles. The van der Waals surface area contributed by atoms with E-state index < -0.39 is 0 Å². The van der Waals surface area contributed by atoms with Crippen molar-refractivity contribution in [2.24, 2.45) is 5.92 Å². The SMILES string of the molecule is C=CC1CC(=O)N(c2cc(Cl)c(C)c(Cl)c2)C1. The van der Waals surface area contributed by atoms with Crippen LogP contribution in [0.5, 0.6) is 0 Å². The number of hydrogen-bond donors (Lipinski definition) is 0. The molecular formula is C13H13Cl2NO. The number of amides is 1. The summed E-state index contributed by atoms with van der Waals surface area (Å²) in [5.41, 5.74) is 1.60. The summed E-state index contributed by atoms with van der Waals surface area (Å²) in [6, 6.07) is 3.57. The molecule has 1 aliphatic heterocycles. The Labute approximate surface area is 111 Å². The number of hydrogen-bond acceptors (Lipinski definition) is 1. The average molecular weight is 270 g/mol. The lowest BCUT2D eigenvalue weighted by Gasteiger charge is -2.17. The molecule has 1 aliphatic rings. The number of rotatable bonds is 2. The fourth-order valence-electron chi connectivity index (χ4n) is 1.93. The first-order chi connectivity index (χ1) is 8.02. The Morgan fingerprint density at radius 3 is 2.47 bits per heavy atom. The molecule has 90 valence electrons. The van der Waals surface area contributed by atoms with Crippen LogP contribution in [0.15, 0.2) is 24.8 Å². The first-order valence-electron chi connectivity index (χ1n) is 5.41. The molecule has 1 aromatic carbocycles. The third-order valence-corrected chi connectivity index (χ3v) is 3.85. The molecule has 0 spiro atoms. The van der Waals surface area contributed by atoms with Gasteiger partial charge in [-0.3, -0.25) is 4.79 Å². The molecule has 1 atom stereocenters. The van der Waals surface area contributed by atoms with Crippen LogP contribution in [0.1, 0.15) is 12.0 Å². The molecular weight excluding hydrogens is 257 g/mol. The van der Waals surface area contributed by atoms with Crippen molar-refractivity contribution in [1.29, 1.82) is 0 Å². The van der Waals surface area contributed by atoms with Gasteiger partial charge in [-0.2, -0.15) is 0 Å². The average Bonchev–Trinajstić information content (AvgIpc) is 2.67. The number of anilines is 1. The van der Waals surface area contributed by atoms with Crippen molar-refractivity contribution in [2.45, 2.75) is 13.3 Å². The predicted molar refractivity (Wildman–Crippen MR) is 71.9 cm³/mol. The predicted octanol–water partition coefficient (Wildman–Crippen LogP) is 3.84. The van der Waals surface area contributed by atoms with Crippen LogP contribution in [0.4, 0.5) is 5.69 Å². The Bertz CT molecular complexity index is 461. The largest absolute Gasteiger partial charge is 0.312 e. The maximum absolute atomic E-state index is 11.8. The van der Waals surface area contributed by atoms with E-state index in [-0.39, 0.29) is 11.8 Å². The summed E-state index contributed by atoms with van der Waals surface area (Å²) in [6.45, 7) is 6.23. The quantitative estimate of drug-likeness (QED) is 0.748. The highest BCUT2D eigenvalue weighted by molar-refractivity contribution is 6.36. The molecule has 2 rings (SSSR count). The van der Waals surface area contributed by atoms with Gasteiger partial charge in [0.15, 0.2) is 0 Å². The Hall–Kier alpha value is -0.990. The summed E-state index contributed by atoms with van der Waals surface area (Å²) < 4.78 is 0. The van der Waals surface area contributed by atoms with E-state index in [9.17, 15) is 4.79 Å². The van der Waals surface area contributed by atoms with E-state index >= 15 is 0 Å². The second-order valence-electron chi connectivity index (χ2n) is 4.24. The van der Waals surface area contributed by atoms with Crippen LogP contribution in [-0.2, 0) is 4.79 Å². The first kappa shape index (κ1) is 12.5. The lowest BCUT2D eigenvalue weighted by molar-refractivity contribution is -0.117. The van der Waals surface area contributed by atoms with Gasteiger partial charge in [0.25, 0.3) is 0 Å². The molecule has 17 heavy (non-hydrogen) atoms. The van der Waals surface area contributed by atoms with Crippen LogP contribution in [-0.4, -0.2) is 12.5 Å². The van der Waals surface area contributed by atoms with E-state index in [1.165, 1.54) is 0 Å². The fourth-order valence-corrected chi connectivity index (χ4v) is 2.41. The van der Waals surface area contributed by atoms with Gasteiger partial charge in [-0.15, -0.1) is 6.58 Å². The van der Waals surface area contributed by atoms with Crippen molar-refractivity contribution in [1.82, 2.24) is 0 Å². The maximum atomic E-state index is 11.8. The highest BCUT2D eigenvalue weighted by Crippen LogP contribution is 2.33. The minimum Gasteiger partial charge on any atom is -0.312 e. The molecule has 0 aromatic heterocycles. The van der Waals surface area contributed by atoms with Crippen LogP contribution in [0.2, 0.25) is 10.0 Å². The van der Waals surface area contributed by atoms with E-state index in [1.807, 2.05) is 13.0 Å². The molecule has 1 saturated heterocycles. The van der Waals surface area contributed by atoms with Crippen LogP contribution < -0.4 is 4.90 Å². The van der Waals surface area contributed by atoms with Gasteiger partial charge in [0.1, 0.15) is 0 Å². The molecule has 0 N–H and O–H groups in total. The van der Waals surface area contributed by atoms with Gasteiger partial charge in [-0.25, -0.2) is 0 Å². The zero-order valence-electron chi connectivity index (χ0n) is 9.54. The smallest absolute Gasteiger partial charge is 0.227 e. The molecule has 4 heteroatoms. The molecule has 0 saturated carbocycles. The van der Waals surface area contributed by atoms with E-state index in [0.717, 1.165) is 11.3 Å². The van der Waals surface area contributed by atoms with Crippen LogP contribution in [0.3, 0.4) is 0 Å². The van der Waals surface area contributed by atoms with Gasteiger partial charge >= 0.3 is 0 Å². The topological polar surface area (TPSA) is 20.3 Å². The Balaban J connectivity index is 2.35. The summed E-state index contributed by atoms with van der Waals surface area (Å²) in [5.74, 6) is 0.298. The summed E-state index contributed by atoms with van der Waals surface area (Å²) in [7, 11) is 0. The highest BCUT2D eigenvalue weighted by atomic mass is 35.5. The number of halogens is 2. The second kappa shape index (κ2) is 4.71. The molecule has 1 unspecified atom stereocenters. The van der Waals surface area contributed by atoms with E-state index in [1.54, 1.807) is 17.0 Å². The van der Waals surface area contributed by atoms with Crippen molar-refractivity contribution >= 4 is 34.8 Å². The lowest BCUT2D eigenvalue weighted by atomic mass is 10.1. The molecule has 1 aromatic rings. The number of nitrogens with zero attached hydrogens (tertiary/aromatic N) is 1. The lowest BCUT2D eigenvalue weighted by Crippen LogP contribution is -2.24. The third-order valence-electron chi connectivity index (χ3n) is 3.07. The molecule has 0 bridgehead atoms. The monoisotopic (exact) mass is 269 g/mol. The maximum Gasteiger partial charge on any atom is 0.227 e. The van der Waals surface area contributed by atoms with Gasteiger partial charge in [0, 0.05) is 34.6 Å². The summed E-state index contributed by atoms with van der Waals surface area (Å²) >= 11 is 12.1. The van der Waals surface area contributed by atoms with Crippen molar-refractivity contribution < 1.29 is 4.79 Å². The number of carbonyl (C=O) groups excluding carboxylic acids is 1. The van der Waals surface area contributed by atoms with Crippen molar-refractivity contribution in [2.75, 3.05) is 11.4 Å². The minimum atomic E-state index is 0.0888. The van der Waals surface area contributed by atoms with Crippen LogP contribution in [0.25, 0.3) is 0 Å². The van der Waals surface area contributed by atoms with Crippen LogP contribution >= 0.6 is 23.2 Å². The minimum absolute atomic E-state index is 0.0888. The zero-order valence-corrected chi connectivity index (χ0v) is 11.1. The Kier molecular flexibility index (Phi) is 3.45. The molecule has 2 nitrogen and oxygen atoms in total. The van der Waals surface area contributed by atoms with Gasteiger partial charge in [-0.1, -0.05) is 29.3 Å². The van der Waals surface area contributed by atoms with Gasteiger partial charge < -0.3 is 4.90 Å². The highest BCUT2D eigenvalue weighted by Gasteiger charge is 2.29. The Morgan fingerprint density at radius 2 is 2.00 bits per heavy atom. The van der Waals surface area contributed by atoms with Crippen LogP contribution in [0, 0.1) is 12.8 Å². The summed E-state index contributed by atoms with van der Waals surface area (Å²) in [6.07, 6.45) is 2.32. The molecule has 1 fully saturated rings. The Morgan fingerprint density at radius 1 is 1.41 bits per heavy atom. The number of benzene rings is 1. The molecule has 1 amide bonds. The zero-order chi connectivity index (χ0) is 12.6. The van der Waals surface area contributed by atoms with E-state index in [2.05, 4.69) is 6.58 Å². The van der Waals surface area contributed by atoms with E-state index in [0.29, 0.717) is 23.0 Å². The molecule has 0 radical (unpaired) electrons. The van der Waals surface area contributed by atoms with Gasteiger partial charge in [0.2, 0.25) is 5.91 Å². The van der Waals surface area contributed by atoms with E-state index in [4.69, 9.17) is 23.2 Å². The van der Waals surface area contributed by atoms with Gasteiger partial charge in [-0.05, 0) is 24.6 Å². The third kappa shape index (κ3) is 2.33. The molecule has 1 heterocycles.